The molecule has 0 aromatic heterocycles. The predicted molar refractivity (Wildman–Crippen MR) is 84.7 cm³/mol. The Morgan fingerprint density at radius 2 is 1.77 bits per heavy atom. The van der Waals surface area contributed by atoms with Crippen molar-refractivity contribution in [1.29, 1.82) is 0 Å². The summed E-state index contributed by atoms with van der Waals surface area (Å²) in [7, 11) is 1.47. The molecule has 2 aromatic rings. The average Bonchev–Trinajstić information content (AvgIpc) is 2.47. The smallest absolute Gasteiger partial charge is 0.271 e. The Morgan fingerprint density at radius 3 is 2.36 bits per heavy atom. The third-order valence-corrected chi connectivity index (χ3v) is 3.31. The number of benzene rings is 2. The molecule has 114 valence electrons. The number of rotatable bonds is 4. The first kappa shape index (κ1) is 16.0. The van der Waals surface area contributed by atoms with E-state index in [0.717, 1.165) is 0 Å². The zero-order valence-corrected chi connectivity index (χ0v) is 12.8. The molecule has 0 spiro atoms. The molecule has 0 radical (unpaired) electrons. The number of nitrogens with two attached hydrogens (primary N) is 1. The second kappa shape index (κ2) is 6.59. The highest BCUT2D eigenvalue weighted by molar-refractivity contribution is 6.33. The maximum Gasteiger partial charge on any atom is 0.271 e. The van der Waals surface area contributed by atoms with E-state index in [1.165, 1.54) is 37.4 Å². The van der Waals surface area contributed by atoms with Crippen LogP contribution >= 0.6 is 23.2 Å². The minimum Gasteiger partial charge on any atom is -0.495 e. The van der Waals surface area contributed by atoms with Gasteiger partial charge < -0.3 is 10.5 Å². The van der Waals surface area contributed by atoms with Gasteiger partial charge in [0.15, 0.2) is 0 Å². The summed E-state index contributed by atoms with van der Waals surface area (Å²) in [6.45, 7) is 0. The molecule has 0 fully saturated rings. The van der Waals surface area contributed by atoms with Crippen molar-refractivity contribution in [3.05, 3.63) is 50.5 Å². The van der Waals surface area contributed by atoms with Crippen molar-refractivity contribution >= 4 is 46.0 Å². The number of azo groups is 1. The Hall–Kier alpha value is -2.38. The highest BCUT2D eigenvalue weighted by Crippen LogP contribution is 2.36. The largest absolute Gasteiger partial charge is 0.495 e. The number of nitro groups is 1. The standard InChI is InChI=1S/C13H10Cl2N4O3/c1-22-13-6-12(9(15)5-10(13)16)18-17-11-3-2-7(19(20)21)4-8(11)14/h2-6H,16H2,1H3. The van der Waals surface area contributed by atoms with Crippen LogP contribution in [0.25, 0.3) is 0 Å². The average molecular weight is 341 g/mol. The van der Waals surface area contributed by atoms with Gasteiger partial charge in [0.2, 0.25) is 0 Å². The Morgan fingerprint density at radius 1 is 1.14 bits per heavy atom. The molecule has 2 N–H and O–H groups in total. The molecular weight excluding hydrogens is 331 g/mol. The van der Waals surface area contributed by atoms with Crippen LogP contribution in [-0.4, -0.2) is 12.0 Å². The number of anilines is 1. The summed E-state index contributed by atoms with van der Waals surface area (Å²) in [6, 6.07) is 6.89. The predicted octanol–water partition coefficient (Wildman–Crippen LogP) is 4.91. The summed E-state index contributed by atoms with van der Waals surface area (Å²) in [5.74, 6) is 0.410. The Balaban J connectivity index is 2.35. The summed E-state index contributed by atoms with van der Waals surface area (Å²) in [5, 5.41) is 18.9. The molecule has 0 aliphatic heterocycles. The second-order valence-electron chi connectivity index (χ2n) is 4.14. The molecular formula is C13H10Cl2N4O3. The lowest BCUT2D eigenvalue weighted by Crippen LogP contribution is -1.91. The van der Waals surface area contributed by atoms with Gasteiger partial charge in [0.1, 0.15) is 17.1 Å². The van der Waals surface area contributed by atoms with E-state index in [0.29, 0.717) is 22.1 Å². The van der Waals surface area contributed by atoms with Gasteiger partial charge in [0.05, 0.1) is 27.8 Å². The third kappa shape index (κ3) is 3.44. The van der Waals surface area contributed by atoms with Crippen LogP contribution in [0.1, 0.15) is 0 Å². The zero-order chi connectivity index (χ0) is 16.3. The number of hydrogen-bond donors (Lipinski definition) is 1. The van der Waals surface area contributed by atoms with Gasteiger partial charge in [-0.15, -0.1) is 10.2 Å². The maximum atomic E-state index is 10.6. The van der Waals surface area contributed by atoms with Gasteiger partial charge in [0.25, 0.3) is 5.69 Å². The van der Waals surface area contributed by atoms with E-state index < -0.39 is 4.92 Å². The quantitative estimate of drug-likeness (QED) is 0.369. The van der Waals surface area contributed by atoms with Gasteiger partial charge in [0, 0.05) is 18.2 Å². The molecule has 0 heterocycles. The molecule has 22 heavy (non-hydrogen) atoms. The van der Waals surface area contributed by atoms with Crippen LogP contribution in [0.4, 0.5) is 22.7 Å². The van der Waals surface area contributed by atoms with Gasteiger partial charge in [-0.25, -0.2) is 0 Å². The Bertz CT molecular complexity index is 765. The number of ether oxygens (including phenoxy) is 1. The topological polar surface area (TPSA) is 103 Å². The van der Waals surface area contributed by atoms with E-state index in [1.807, 2.05) is 0 Å². The van der Waals surface area contributed by atoms with Crippen LogP contribution in [0.2, 0.25) is 10.0 Å². The Labute approximate surface area is 135 Å². The molecule has 7 nitrogen and oxygen atoms in total. The number of methoxy groups -OCH3 is 1. The van der Waals surface area contributed by atoms with Crippen LogP contribution in [0, 0.1) is 10.1 Å². The Kier molecular flexibility index (Phi) is 4.79. The fourth-order valence-electron chi connectivity index (χ4n) is 1.61. The summed E-state index contributed by atoms with van der Waals surface area (Å²) in [5.41, 5.74) is 6.57. The first-order valence-electron chi connectivity index (χ1n) is 5.91. The summed E-state index contributed by atoms with van der Waals surface area (Å²) < 4.78 is 5.07. The highest BCUT2D eigenvalue weighted by atomic mass is 35.5. The molecule has 0 amide bonds. The molecule has 0 aliphatic carbocycles. The molecule has 0 aliphatic rings. The molecule has 9 heteroatoms. The van der Waals surface area contributed by atoms with Crippen molar-refractivity contribution in [3.8, 4) is 5.75 Å². The lowest BCUT2D eigenvalue weighted by atomic mass is 10.2. The van der Waals surface area contributed by atoms with Crippen molar-refractivity contribution in [3.63, 3.8) is 0 Å². The third-order valence-electron chi connectivity index (χ3n) is 2.71. The monoisotopic (exact) mass is 340 g/mol. The lowest BCUT2D eigenvalue weighted by molar-refractivity contribution is -0.384. The van der Waals surface area contributed by atoms with E-state index in [9.17, 15) is 10.1 Å². The highest BCUT2D eigenvalue weighted by Gasteiger charge is 2.10. The molecule has 0 bridgehead atoms. The van der Waals surface area contributed by atoms with Crippen molar-refractivity contribution in [2.45, 2.75) is 0 Å². The number of non-ortho nitro benzene ring substituents is 1. The number of halogens is 2. The van der Waals surface area contributed by atoms with Crippen molar-refractivity contribution in [1.82, 2.24) is 0 Å². The normalized spacial score (nSPS) is 10.9. The van der Waals surface area contributed by atoms with E-state index in [4.69, 9.17) is 33.7 Å². The minimum atomic E-state index is -0.547. The SMILES string of the molecule is COc1cc(N=Nc2ccc([N+](=O)[O-])cc2Cl)c(Cl)cc1N. The maximum absolute atomic E-state index is 10.6. The van der Waals surface area contributed by atoms with Crippen LogP contribution in [-0.2, 0) is 0 Å². The van der Waals surface area contributed by atoms with Crippen molar-refractivity contribution in [2.24, 2.45) is 10.2 Å². The number of nitro benzene ring substituents is 1. The van der Waals surface area contributed by atoms with Gasteiger partial charge >= 0.3 is 0 Å². The summed E-state index contributed by atoms with van der Waals surface area (Å²) in [4.78, 5) is 10.1. The van der Waals surface area contributed by atoms with Gasteiger partial charge in [-0.2, -0.15) is 0 Å². The number of hydrogen-bond acceptors (Lipinski definition) is 6. The summed E-state index contributed by atoms with van der Waals surface area (Å²) in [6.07, 6.45) is 0. The molecule has 2 aromatic carbocycles. The first-order chi connectivity index (χ1) is 10.4. The number of nitrogen functional groups attached to an aromatic ring is 1. The molecule has 0 saturated carbocycles. The fourth-order valence-corrected chi connectivity index (χ4v) is 2.03. The van der Waals surface area contributed by atoms with Crippen molar-refractivity contribution in [2.75, 3.05) is 12.8 Å². The van der Waals surface area contributed by atoms with Gasteiger partial charge in [-0.1, -0.05) is 23.2 Å². The lowest BCUT2D eigenvalue weighted by Gasteiger charge is -2.06. The van der Waals surface area contributed by atoms with Crippen LogP contribution in [0.3, 0.4) is 0 Å². The number of nitrogens with zero attached hydrogens (tertiary/aromatic N) is 3. The van der Waals surface area contributed by atoms with E-state index in [1.54, 1.807) is 0 Å². The van der Waals surface area contributed by atoms with Crippen molar-refractivity contribution < 1.29 is 9.66 Å². The van der Waals surface area contributed by atoms with Gasteiger partial charge in [-0.05, 0) is 12.1 Å². The van der Waals surface area contributed by atoms with Gasteiger partial charge in [-0.3, -0.25) is 10.1 Å². The second-order valence-corrected chi connectivity index (χ2v) is 4.95. The molecule has 2 rings (SSSR count). The molecule has 0 atom stereocenters. The van der Waals surface area contributed by atoms with Crippen LogP contribution in [0.5, 0.6) is 5.75 Å². The summed E-state index contributed by atoms with van der Waals surface area (Å²) >= 11 is 11.9. The first-order valence-corrected chi connectivity index (χ1v) is 6.66. The fraction of sp³-hybridized carbons (Fsp3) is 0.0769. The van der Waals surface area contributed by atoms with Crippen LogP contribution in [0.15, 0.2) is 40.6 Å². The van der Waals surface area contributed by atoms with Crippen LogP contribution < -0.4 is 10.5 Å². The van der Waals surface area contributed by atoms with E-state index in [2.05, 4.69) is 10.2 Å². The molecule has 0 saturated heterocycles. The minimum absolute atomic E-state index is 0.108. The van der Waals surface area contributed by atoms with E-state index in [-0.39, 0.29) is 16.4 Å². The molecule has 0 unspecified atom stereocenters. The zero-order valence-electron chi connectivity index (χ0n) is 11.3. The van der Waals surface area contributed by atoms with E-state index >= 15 is 0 Å².